The molecule has 0 aliphatic carbocycles. The zero-order chi connectivity index (χ0) is 21.5. The fourth-order valence-corrected chi connectivity index (χ4v) is 3.84. The van der Waals surface area contributed by atoms with Gasteiger partial charge in [0.15, 0.2) is 5.82 Å². The van der Waals surface area contributed by atoms with Gasteiger partial charge in [0.25, 0.3) is 0 Å². The predicted molar refractivity (Wildman–Crippen MR) is 125 cm³/mol. The molecule has 7 nitrogen and oxygen atoms in total. The van der Waals surface area contributed by atoms with Crippen LogP contribution < -0.4 is 0 Å². The van der Waals surface area contributed by atoms with Crippen molar-refractivity contribution >= 4 is 17.6 Å². The number of aromatic amines is 1. The van der Waals surface area contributed by atoms with Crippen molar-refractivity contribution in [3.63, 3.8) is 0 Å². The second kappa shape index (κ2) is 9.99. The third kappa shape index (κ3) is 4.80. The molecule has 0 spiro atoms. The van der Waals surface area contributed by atoms with Gasteiger partial charge in [-0.05, 0) is 52.2 Å². The SMILES string of the molecule is CC=CCC(CC=S)c1ncnn1Cc1ccc(-c2ccccc2-c2nnn[nH]2)cc1. The number of aromatic nitrogens is 7. The van der Waals surface area contributed by atoms with Crippen LogP contribution in [-0.4, -0.2) is 40.8 Å². The van der Waals surface area contributed by atoms with Crippen LogP contribution >= 0.6 is 12.2 Å². The summed E-state index contributed by atoms with van der Waals surface area (Å²) in [4.78, 5) is 4.52. The van der Waals surface area contributed by atoms with Gasteiger partial charge in [0.2, 0.25) is 0 Å². The maximum Gasteiger partial charge on any atom is 0.180 e. The molecule has 0 aliphatic heterocycles. The first-order valence-electron chi connectivity index (χ1n) is 10.1. The van der Waals surface area contributed by atoms with Crippen molar-refractivity contribution in [3.8, 4) is 22.5 Å². The third-order valence-electron chi connectivity index (χ3n) is 5.17. The van der Waals surface area contributed by atoms with Gasteiger partial charge in [0.1, 0.15) is 12.2 Å². The molecule has 156 valence electrons. The maximum absolute atomic E-state index is 5.11. The zero-order valence-electron chi connectivity index (χ0n) is 17.2. The predicted octanol–water partition coefficient (Wildman–Crippen LogP) is 4.61. The molecule has 2 aromatic carbocycles. The second-order valence-corrected chi connectivity index (χ2v) is 7.51. The Bertz CT molecular complexity index is 1150. The molecule has 0 radical (unpaired) electrons. The normalized spacial score (nSPS) is 12.3. The van der Waals surface area contributed by atoms with Crippen molar-refractivity contribution in [2.75, 3.05) is 0 Å². The summed E-state index contributed by atoms with van der Waals surface area (Å²) in [6.07, 6.45) is 7.53. The minimum Gasteiger partial charge on any atom is -0.245 e. The molecular formula is C23H23N7S. The highest BCUT2D eigenvalue weighted by molar-refractivity contribution is 7.78. The molecule has 4 rings (SSSR count). The molecule has 8 heteroatoms. The lowest BCUT2D eigenvalue weighted by atomic mass is 9.98. The summed E-state index contributed by atoms with van der Waals surface area (Å²) in [6.45, 7) is 2.69. The number of tetrazole rings is 1. The zero-order valence-corrected chi connectivity index (χ0v) is 18.0. The number of nitrogens with one attached hydrogen (secondary N) is 1. The van der Waals surface area contributed by atoms with Crippen molar-refractivity contribution in [2.24, 2.45) is 0 Å². The van der Waals surface area contributed by atoms with E-state index in [2.05, 4.69) is 73.2 Å². The Kier molecular flexibility index (Phi) is 6.68. The Labute approximate surface area is 186 Å². The highest BCUT2D eigenvalue weighted by Crippen LogP contribution is 2.30. The van der Waals surface area contributed by atoms with Gasteiger partial charge in [0, 0.05) is 11.5 Å². The lowest BCUT2D eigenvalue weighted by Gasteiger charge is -2.14. The monoisotopic (exact) mass is 429 g/mol. The van der Waals surface area contributed by atoms with E-state index in [-0.39, 0.29) is 5.92 Å². The smallest absolute Gasteiger partial charge is 0.180 e. The van der Waals surface area contributed by atoms with E-state index in [1.165, 1.54) is 0 Å². The quantitative estimate of drug-likeness (QED) is 0.309. The van der Waals surface area contributed by atoms with Gasteiger partial charge in [-0.3, -0.25) is 0 Å². The van der Waals surface area contributed by atoms with Gasteiger partial charge in [-0.2, -0.15) is 5.10 Å². The van der Waals surface area contributed by atoms with Crippen LogP contribution in [-0.2, 0) is 6.54 Å². The Morgan fingerprint density at radius 2 is 1.87 bits per heavy atom. The van der Waals surface area contributed by atoms with Crippen molar-refractivity contribution in [1.29, 1.82) is 0 Å². The molecule has 1 N–H and O–H groups in total. The molecule has 0 bridgehead atoms. The number of nitrogens with zero attached hydrogens (tertiary/aromatic N) is 6. The molecule has 0 saturated heterocycles. The second-order valence-electron chi connectivity index (χ2n) is 7.17. The summed E-state index contributed by atoms with van der Waals surface area (Å²) in [6, 6.07) is 16.5. The first-order valence-corrected chi connectivity index (χ1v) is 10.6. The van der Waals surface area contributed by atoms with E-state index in [1.54, 1.807) is 11.7 Å². The van der Waals surface area contributed by atoms with E-state index in [4.69, 9.17) is 12.2 Å². The number of hydrogen-bond donors (Lipinski definition) is 1. The van der Waals surface area contributed by atoms with Crippen LogP contribution in [0.5, 0.6) is 0 Å². The Morgan fingerprint density at radius 1 is 1.06 bits per heavy atom. The maximum atomic E-state index is 5.11. The number of thiocarbonyl (C=S) groups is 1. The van der Waals surface area contributed by atoms with Crippen LogP contribution in [0.1, 0.15) is 37.1 Å². The number of H-pyrrole nitrogens is 1. The summed E-state index contributed by atoms with van der Waals surface area (Å²) in [5, 5.41) is 20.5. The Morgan fingerprint density at radius 3 is 2.58 bits per heavy atom. The van der Waals surface area contributed by atoms with Gasteiger partial charge in [-0.25, -0.2) is 14.8 Å². The standard InChI is InChI=1S/C23H23N7S/c1-2-3-6-19(13-14-31)23-24-16-25-30(23)15-17-9-11-18(12-10-17)20-7-4-5-8-21(20)22-26-28-29-27-22/h2-5,7-12,14,16,19H,6,13,15H2,1H3,(H,26,27,28,29). The fraction of sp³-hybridized carbons (Fsp3) is 0.217. The molecule has 2 heterocycles. The number of hydrogen-bond acceptors (Lipinski definition) is 6. The van der Waals surface area contributed by atoms with Crippen LogP contribution in [0.15, 0.2) is 67.0 Å². The van der Waals surface area contributed by atoms with Crippen molar-refractivity contribution in [2.45, 2.75) is 32.2 Å². The van der Waals surface area contributed by atoms with Gasteiger partial charge in [-0.1, -0.05) is 72.9 Å². The summed E-state index contributed by atoms with van der Waals surface area (Å²) in [7, 11) is 0. The van der Waals surface area contributed by atoms with Crippen LogP contribution in [0.4, 0.5) is 0 Å². The third-order valence-corrected chi connectivity index (χ3v) is 5.36. The summed E-state index contributed by atoms with van der Waals surface area (Å²) < 4.78 is 1.97. The highest BCUT2D eigenvalue weighted by Gasteiger charge is 2.16. The van der Waals surface area contributed by atoms with E-state index in [0.717, 1.165) is 40.9 Å². The van der Waals surface area contributed by atoms with Crippen LogP contribution in [0.25, 0.3) is 22.5 Å². The largest absolute Gasteiger partial charge is 0.245 e. The van der Waals surface area contributed by atoms with Crippen LogP contribution in [0.2, 0.25) is 0 Å². The van der Waals surface area contributed by atoms with Crippen molar-refractivity contribution in [1.82, 2.24) is 35.4 Å². The molecule has 0 fully saturated rings. The number of benzene rings is 2. The van der Waals surface area contributed by atoms with Crippen LogP contribution in [0, 0.1) is 0 Å². The fourth-order valence-electron chi connectivity index (χ4n) is 3.61. The van der Waals surface area contributed by atoms with E-state index in [0.29, 0.717) is 12.4 Å². The molecule has 4 aromatic rings. The van der Waals surface area contributed by atoms with Crippen LogP contribution in [0.3, 0.4) is 0 Å². The minimum absolute atomic E-state index is 0.234. The summed E-state index contributed by atoms with van der Waals surface area (Å²) in [5.74, 6) is 1.85. The van der Waals surface area contributed by atoms with E-state index >= 15 is 0 Å². The first-order chi connectivity index (χ1) is 15.3. The first kappa shape index (κ1) is 20.7. The molecule has 31 heavy (non-hydrogen) atoms. The van der Waals surface area contributed by atoms with Gasteiger partial charge in [-0.15, -0.1) is 5.10 Å². The molecule has 2 aromatic heterocycles. The van der Waals surface area contributed by atoms with E-state index < -0.39 is 0 Å². The van der Waals surface area contributed by atoms with E-state index in [1.807, 2.05) is 29.8 Å². The van der Waals surface area contributed by atoms with Crippen molar-refractivity contribution in [3.05, 3.63) is 78.4 Å². The average Bonchev–Trinajstić information content (AvgIpc) is 3.50. The Balaban J connectivity index is 1.56. The summed E-state index contributed by atoms with van der Waals surface area (Å²) >= 11 is 5.11. The molecule has 0 aliphatic rings. The van der Waals surface area contributed by atoms with Gasteiger partial charge < -0.3 is 0 Å². The van der Waals surface area contributed by atoms with Gasteiger partial charge >= 0.3 is 0 Å². The molecule has 0 amide bonds. The summed E-state index contributed by atoms with van der Waals surface area (Å²) in [5.41, 5.74) is 4.29. The molecule has 0 saturated carbocycles. The lowest BCUT2D eigenvalue weighted by molar-refractivity contribution is 0.576. The lowest BCUT2D eigenvalue weighted by Crippen LogP contribution is -2.12. The molecular weight excluding hydrogens is 406 g/mol. The minimum atomic E-state index is 0.234. The average molecular weight is 430 g/mol. The number of allylic oxidation sites excluding steroid dienone is 2. The molecule has 1 unspecified atom stereocenters. The topological polar surface area (TPSA) is 85.2 Å². The van der Waals surface area contributed by atoms with E-state index in [9.17, 15) is 0 Å². The Hall–Kier alpha value is -3.52. The number of rotatable bonds is 9. The van der Waals surface area contributed by atoms with Crippen molar-refractivity contribution < 1.29 is 0 Å². The highest BCUT2D eigenvalue weighted by atomic mass is 32.1. The molecule has 1 atom stereocenters. The van der Waals surface area contributed by atoms with Gasteiger partial charge in [0.05, 0.1) is 6.54 Å².